The zero-order chi connectivity index (χ0) is 14.2. The average Bonchev–Trinajstić information content (AvgIpc) is 2.97. The Bertz CT molecular complexity index is 511. The van der Waals surface area contributed by atoms with E-state index in [0.29, 0.717) is 13.1 Å². The molecule has 0 aliphatic rings. The van der Waals surface area contributed by atoms with Crippen LogP contribution in [0.3, 0.4) is 0 Å². The summed E-state index contributed by atoms with van der Waals surface area (Å²) in [6.45, 7) is 0.945. The number of amides is 1. The van der Waals surface area contributed by atoms with Crippen molar-refractivity contribution in [2.45, 2.75) is 12.8 Å². The van der Waals surface area contributed by atoms with Crippen molar-refractivity contribution in [1.82, 2.24) is 15.1 Å². The van der Waals surface area contributed by atoms with Gasteiger partial charge in [-0.05, 0) is 18.1 Å². The van der Waals surface area contributed by atoms with E-state index in [1.54, 1.807) is 17.2 Å². The zero-order valence-corrected chi connectivity index (χ0v) is 11.3. The van der Waals surface area contributed by atoms with E-state index in [2.05, 4.69) is 10.2 Å². The molecule has 0 aliphatic carbocycles. The number of aromatic nitrogens is 2. The molecule has 5 nitrogen and oxygen atoms in total. The van der Waals surface area contributed by atoms with E-state index in [-0.39, 0.29) is 18.9 Å². The number of aliphatic hydroxyl groups excluding tert-OH is 1. The summed E-state index contributed by atoms with van der Waals surface area (Å²) in [5.74, 6) is -0.000712. The highest BCUT2D eigenvalue weighted by Gasteiger charge is 2.14. The van der Waals surface area contributed by atoms with Gasteiger partial charge in [-0.2, -0.15) is 5.10 Å². The van der Waals surface area contributed by atoms with Gasteiger partial charge < -0.3 is 10.0 Å². The maximum absolute atomic E-state index is 12.2. The molecule has 1 aromatic carbocycles. The van der Waals surface area contributed by atoms with Crippen molar-refractivity contribution in [3.63, 3.8) is 0 Å². The molecule has 5 heteroatoms. The van der Waals surface area contributed by atoms with E-state index in [9.17, 15) is 4.79 Å². The lowest BCUT2D eigenvalue weighted by Crippen LogP contribution is -2.36. The molecule has 106 valence electrons. The first-order chi connectivity index (χ1) is 9.79. The lowest BCUT2D eigenvalue weighted by molar-refractivity contribution is -0.131. The van der Waals surface area contributed by atoms with Crippen LogP contribution in [0.2, 0.25) is 0 Å². The molecule has 0 fully saturated rings. The quantitative estimate of drug-likeness (QED) is 0.791. The molecule has 0 spiro atoms. The van der Waals surface area contributed by atoms with Crippen LogP contribution in [0.4, 0.5) is 0 Å². The number of carbonyl (C=O) groups excluding carboxylic acids is 1. The predicted octanol–water partition coefficient (Wildman–Crippen LogP) is 1.02. The average molecular weight is 273 g/mol. The Morgan fingerprint density at radius 1 is 1.20 bits per heavy atom. The van der Waals surface area contributed by atoms with E-state index in [4.69, 9.17) is 5.11 Å². The predicted molar refractivity (Wildman–Crippen MR) is 76.1 cm³/mol. The van der Waals surface area contributed by atoms with Crippen LogP contribution in [-0.4, -0.2) is 45.8 Å². The number of nitrogens with one attached hydrogen (secondary N) is 1. The van der Waals surface area contributed by atoms with Gasteiger partial charge in [-0.15, -0.1) is 0 Å². The second kappa shape index (κ2) is 7.45. The fourth-order valence-corrected chi connectivity index (χ4v) is 2.05. The normalized spacial score (nSPS) is 10.4. The Morgan fingerprint density at radius 3 is 2.65 bits per heavy atom. The number of aliphatic hydroxyl groups is 1. The minimum absolute atomic E-state index is 0.000712. The summed E-state index contributed by atoms with van der Waals surface area (Å²) in [4.78, 5) is 13.9. The minimum Gasteiger partial charge on any atom is -0.395 e. The SMILES string of the molecule is O=C(Cc1ccn[nH]1)N(CCO)CCc1ccccc1. The van der Waals surface area contributed by atoms with E-state index in [1.165, 1.54) is 5.56 Å². The second-order valence-corrected chi connectivity index (χ2v) is 4.60. The highest BCUT2D eigenvalue weighted by atomic mass is 16.3. The number of benzene rings is 1. The molecule has 0 bridgehead atoms. The summed E-state index contributed by atoms with van der Waals surface area (Å²) in [6.07, 6.45) is 2.70. The first kappa shape index (κ1) is 14.3. The van der Waals surface area contributed by atoms with Crippen molar-refractivity contribution in [1.29, 1.82) is 0 Å². The van der Waals surface area contributed by atoms with Crippen molar-refractivity contribution in [3.8, 4) is 0 Å². The lowest BCUT2D eigenvalue weighted by atomic mass is 10.1. The third kappa shape index (κ3) is 4.20. The lowest BCUT2D eigenvalue weighted by Gasteiger charge is -2.21. The van der Waals surface area contributed by atoms with E-state index < -0.39 is 0 Å². The monoisotopic (exact) mass is 273 g/mol. The first-order valence-electron chi connectivity index (χ1n) is 6.70. The van der Waals surface area contributed by atoms with E-state index in [0.717, 1.165) is 12.1 Å². The molecular formula is C15H19N3O2. The largest absolute Gasteiger partial charge is 0.395 e. The third-order valence-electron chi connectivity index (χ3n) is 3.14. The molecular weight excluding hydrogens is 254 g/mol. The van der Waals surface area contributed by atoms with Crippen LogP contribution in [-0.2, 0) is 17.6 Å². The van der Waals surface area contributed by atoms with Crippen LogP contribution in [0.1, 0.15) is 11.3 Å². The van der Waals surface area contributed by atoms with Crippen molar-refractivity contribution in [3.05, 3.63) is 53.9 Å². The van der Waals surface area contributed by atoms with Gasteiger partial charge in [0.15, 0.2) is 0 Å². The number of H-pyrrole nitrogens is 1. The van der Waals surface area contributed by atoms with Gasteiger partial charge in [-0.25, -0.2) is 0 Å². The molecule has 2 N–H and O–H groups in total. The number of hydrogen-bond donors (Lipinski definition) is 2. The number of rotatable bonds is 7. The molecule has 1 amide bonds. The standard InChI is InChI=1S/C15H19N3O2/c19-11-10-18(9-7-13-4-2-1-3-5-13)15(20)12-14-6-8-16-17-14/h1-6,8,19H,7,9-12H2,(H,16,17). The van der Waals surface area contributed by atoms with Crippen LogP contribution >= 0.6 is 0 Å². The van der Waals surface area contributed by atoms with Crippen LogP contribution in [0.25, 0.3) is 0 Å². The number of aromatic amines is 1. The minimum atomic E-state index is -0.0243. The highest BCUT2D eigenvalue weighted by molar-refractivity contribution is 5.78. The van der Waals surface area contributed by atoms with Crippen LogP contribution in [0, 0.1) is 0 Å². The van der Waals surface area contributed by atoms with Gasteiger partial charge in [0.2, 0.25) is 5.91 Å². The number of hydrogen-bond acceptors (Lipinski definition) is 3. The topological polar surface area (TPSA) is 69.2 Å². The van der Waals surface area contributed by atoms with Crippen LogP contribution < -0.4 is 0 Å². The van der Waals surface area contributed by atoms with Gasteiger partial charge in [-0.1, -0.05) is 30.3 Å². The Balaban J connectivity index is 1.90. The maximum Gasteiger partial charge on any atom is 0.228 e. The van der Waals surface area contributed by atoms with Crippen molar-refractivity contribution in [2.75, 3.05) is 19.7 Å². The summed E-state index contributed by atoms with van der Waals surface area (Å²) in [7, 11) is 0. The summed E-state index contributed by atoms with van der Waals surface area (Å²) in [6, 6.07) is 11.8. The number of nitrogens with zero attached hydrogens (tertiary/aromatic N) is 2. The first-order valence-corrected chi connectivity index (χ1v) is 6.70. The Morgan fingerprint density at radius 2 is 2.00 bits per heavy atom. The van der Waals surface area contributed by atoms with Gasteiger partial charge in [0.1, 0.15) is 0 Å². The molecule has 0 saturated carbocycles. The fourth-order valence-electron chi connectivity index (χ4n) is 2.05. The van der Waals surface area contributed by atoms with Gasteiger partial charge in [0.25, 0.3) is 0 Å². The van der Waals surface area contributed by atoms with Gasteiger partial charge in [0.05, 0.1) is 13.0 Å². The van der Waals surface area contributed by atoms with Gasteiger partial charge in [0, 0.05) is 25.0 Å². The smallest absolute Gasteiger partial charge is 0.228 e. The Hall–Kier alpha value is -2.14. The number of carbonyl (C=O) groups is 1. The molecule has 1 aromatic heterocycles. The molecule has 0 saturated heterocycles. The second-order valence-electron chi connectivity index (χ2n) is 4.60. The third-order valence-corrected chi connectivity index (χ3v) is 3.14. The molecule has 1 heterocycles. The van der Waals surface area contributed by atoms with Crippen molar-refractivity contribution >= 4 is 5.91 Å². The van der Waals surface area contributed by atoms with Gasteiger partial charge >= 0.3 is 0 Å². The zero-order valence-electron chi connectivity index (χ0n) is 11.3. The van der Waals surface area contributed by atoms with E-state index >= 15 is 0 Å². The summed E-state index contributed by atoms with van der Waals surface area (Å²) >= 11 is 0. The Labute approximate surface area is 118 Å². The molecule has 0 atom stereocenters. The van der Waals surface area contributed by atoms with Gasteiger partial charge in [-0.3, -0.25) is 9.89 Å². The van der Waals surface area contributed by atoms with Crippen molar-refractivity contribution < 1.29 is 9.90 Å². The summed E-state index contributed by atoms with van der Waals surface area (Å²) in [5, 5.41) is 15.7. The molecule has 0 radical (unpaired) electrons. The summed E-state index contributed by atoms with van der Waals surface area (Å²) < 4.78 is 0. The molecule has 0 aliphatic heterocycles. The molecule has 2 rings (SSSR count). The molecule has 2 aromatic rings. The molecule has 20 heavy (non-hydrogen) atoms. The fraction of sp³-hybridized carbons (Fsp3) is 0.333. The van der Waals surface area contributed by atoms with Crippen LogP contribution in [0.15, 0.2) is 42.6 Å². The summed E-state index contributed by atoms with van der Waals surface area (Å²) in [5.41, 5.74) is 1.97. The Kier molecular flexibility index (Phi) is 5.32. The van der Waals surface area contributed by atoms with E-state index in [1.807, 2.05) is 30.3 Å². The highest BCUT2D eigenvalue weighted by Crippen LogP contribution is 2.04. The molecule has 0 unspecified atom stereocenters. The van der Waals surface area contributed by atoms with Crippen molar-refractivity contribution in [2.24, 2.45) is 0 Å². The maximum atomic E-state index is 12.2. The van der Waals surface area contributed by atoms with Crippen LogP contribution in [0.5, 0.6) is 0 Å².